The molecule has 4 aromatic carbocycles. The zero-order valence-electron chi connectivity index (χ0n) is 35.4. The number of nitrogens with one attached hydrogen (secondary N) is 4. The first-order valence-electron chi connectivity index (χ1n) is 21.2. The van der Waals surface area contributed by atoms with Gasteiger partial charge in [-0.3, -0.25) is 28.5 Å². The number of nitrogens with zero attached hydrogens (tertiary/aromatic N) is 1. The highest BCUT2D eigenvalue weighted by Gasteiger charge is 2.64. The lowest BCUT2D eigenvalue weighted by Gasteiger charge is -2.29. The summed E-state index contributed by atoms with van der Waals surface area (Å²) in [6.07, 6.45) is 0.758. The number of hydrogen-bond donors (Lipinski definition) is 5. The van der Waals surface area contributed by atoms with E-state index in [1.54, 1.807) is 30.3 Å². The number of ether oxygens (including phenoxy) is 1. The molecule has 65 heavy (non-hydrogen) atoms. The normalized spacial score (nSPS) is 24.2. The molecule has 2 aliphatic heterocycles. The van der Waals surface area contributed by atoms with Crippen LogP contribution in [-0.4, -0.2) is 96.5 Å². The van der Waals surface area contributed by atoms with E-state index in [9.17, 15) is 32.1 Å². The number of hydrogen-bond acceptors (Lipinski definition) is 9. The smallest absolute Gasteiger partial charge is 0.266 e. The maximum atomic E-state index is 15.0. The molecule has 5 aromatic rings. The van der Waals surface area contributed by atoms with Gasteiger partial charge in [0, 0.05) is 25.4 Å². The molecule has 5 N–H and O–H groups in total. The van der Waals surface area contributed by atoms with Crippen LogP contribution in [0.1, 0.15) is 52.7 Å². The highest BCUT2D eigenvalue weighted by Crippen LogP contribution is 2.54. The molecule has 3 heterocycles. The van der Waals surface area contributed by atoms with Crippen LogP contribution in [0.2, 0.25) is 0 Å². The van der Waals surface area contributed by atoms with E-state index in [0.29, 0.717) is 22.6 Å². The lowest BCUT2D eigenvalue weighted by Crippen LogP contribution is -2.60. The second-order valence-electron chi connectivity index (χ2n) is 16.6. The monoisotopic (exact) mass is 913 g/mol. The van der Waals surface area contributed by atoms with E-state index in [4.69, 9.17) is 4.74 Å². The van der Waals surface area contributed by atoms with Crippen LogP contribution in [-0.2, 0) is 40.5 Å². The van der Waals surface area contributed by atoms with Gasteiger partial charge in [-0.25, -0.2) is 0 Å². The maximum absolute atomic E-state index is 15.0. The summed E-state index contributed by atoms with van der Waals surface area (Å²) in [5.74, 6) is 1.01. The maximum Gasteiger partial charge on any atom is 0.266 e. The topological polar surface area (TPSA) is 200 Å². The summed E-state index contributed by atoms with van der Waals surface area (Å²) in [4.78, 5) is 73.8. The summed E-state index contributed by atoms with van der Waals surface area (Å²) in [6, 6.07) is 34.4. The Morgan fingerprint density at radius 3 is 2.14 bits per heavy atom. The molecular weight excluding hydrogens is 867 g/mol. The molecule has 2 saturated carbocycles. The van der Waals surface area contributed by atoms with Crippen LogP contribution in [0.15, 0.2) is 127 Å². The Kier molecular flexibility index (Phi) is 12.9. The van der Waals surface area contributed by atoms with Gasteiger partial charge in [0.05, 0.1) is 10.6 Å². The summed E-state index contributed by atoms with van der Waals surface area (Å²) in [6.45, 7) is -0.824. The van der Waals surface area contributed by atoms with Crippen LogP contribution in [0.3, 0.4) is 0 Å². The Labute approximate surface area is 380 Å². The van der Waals surface area contributed by atoms with Gasteiger partial charge in [0.2, 0.25) is 17.7 Å². The standard InChI is InChI=1S/C49H47N5O9S2/c1-54(26-28-65(60,61)62)47(59)49-30-40(49)36-19-21-37(22-20-36)63-31-43(55)50-41(25-23-38-13-8-27-64-38)44(56)52-48(29-39(48)35-17-15-34(16-18-35)33-11-6-3-7-12-33)46(58)51-42(45(57)53-49)24-14-32-9-4-2-5-10-32/h2-13,15-22,27,39-42H,14,24,26,28-31H2,1H3,(H,50,55)(H,51,58)(H,52,56)(H,53,57)(H,60,61,62)/t39?,40-,41?,42?,48?,49?/m1/s1. The summed E-state index contributed by atoms with van der Waals surface area (Å²) in [5.41, 5.74) is 1.11. The van der Waals surface area contributed by atoms with E-state index < -0.39 is 87.0 Å². The fraction of sp³-hybridized carbons (Fsp3) is 0.286. The molecule has 2 bridgehead atoms. The van der Waals surface area contributed by atoms with Crippen molar-refractivity contribution in [3.8, 4) is 28.7 Å². The number of benzene rings is 4. The van der Waals surface area contributed by atoms with E-state index in [-0.39, 0.29) is 25.8 Å². The predicted octanol–water partition coefficient (Wildman–Crippen LogP) is 4.19. The van der Waals surface area contributed by atoms with Crippen molar-refractivity contribution in [3.05, 3.63) is 148 Å². The quantitative estimate of drug-likeness (QED) is 0.0818. The molecule has 5 amide bonds. The van der Waals surface area contributed by atoms with Crippen LogP contribution in [0, 0.1) is 11.8 Å². The van der Waals surface area contributed by atoms with Gasteiger partial charge in [0.25, 0.3) is 21.9 Å². The number of rotatable bonds is 9. The zero-order chi connectivity index (χ0) is 45.8. The number of thiophene rings is 1. The molecule has 1 spiro atoms. The Morgan fingerprint density at radius 1 is 0.800 bits per heavy atom. The molecular formula is C49H47N5O9S2. The third-order valence-electron chi connectivity index (χ3n) is 12.1. The minimum Gasteiger partial charge on any atom is -0.484 e. The fourth-order valence-corrected chi connectivity index (χ4v) is 9.44. The molecule has 1 aromatic heterocycles. The van der Waals surface area contributed by atoms with Crippen molar-refractivity contribution in [2.45, 2.75) is 60.7 Å². The lowest BCUT2D eigenvalue weighted by molar-refractivity contribution is -0.138. The second-order valence-corrected chi connectivity index (χ2v) is 19.1. The van der Waals surface area contributed by atoms with Gasteiger partial charge in [-0.1, -0.05) is 115 Å². The third-order valence-corrected chi connectivity index (χ3v) is 13.6. The molecule has 4 aliphatic rings. The summed E-state index contributed by atoms with van der Waals surface area (Å²) >= 11 is 1.36. The summed E-state index contributed by atoms with van der Waals surface area (Å²) < 4.78 is 38.6. The molecule has 0 saturated heterocycles. The van der Waals surface area contributed by atoms with Crippen molar-refractivity contribution < 1.29 is 41.7 Å². The van der Waals surface area contributed by atoms with Gasteiger partial charge in [0.1, 0.15) is 22.9 Å². The predicted molar refractivity (Wildman–Crippen MR) is 244 cm³/mol. The molecule has 334 valence electrons. The van der Waals surface area contributed by atoms with Gasteiger partial charge in [0.15, 0.2) is 12.6 Å². The molecule has 5 unspecified atom stereocenters. The molecule has 14 nitrogen and oxygen atoms in total. The Bertz CT molecular complexity index is 2740. The first kappa shape index (κ1) is 44.8. The average Bonchev–Trinajstić information content (AvgIpc) is 4.16. The minimum atomic E-state index is -4.42. The van der Waals surface area contributed by atoms with Crippen LogP contribution >= 0.6 is 11.3 Å². The lowest BCUT2D eigenvalue weighted by atomic mass is 9.99. The highest BCUT2D eigenvalue weighted by atomic mass is 32.2. The van der Waals surface area contributed by atoms with Gasteiger partial charge >= 0.3 is 0 Å². The fourth-order valence-electron chi connectivity index (χ4n) is 8.36. The molecule has 2 fully saturated rings. The largest absolute Gasteiger partial charge is 0.484 e. The Balaban J connectivity index is 1.17. The van der Waals surface area contributed by atoms with Gasteiger partial charge in [-0.2, -0.15) is 8.42 Å². The molecule has 0 radical (unpaired) electrons. The SMILES string of the molecule is CN(CCS(=O)(=O)O)C(=O)C12C[C@@H]1c1ccc(cc1)OCC(=O)NC(C#Cc1cccs1)C(=O)NC1(CC1c1ccc(-c3ccccc3)cc1)C(=O)NC(CCc1ccccc1)C(=O)N2. The minimum absolute atomic E-state index is 0.104. The number of carbonyl (C=O) groups excluding carboxylic acids is 5. The number of carbonyl (C=O) groups is 5. The van der Waals surface area contributed by atoms with Crippen molar-refractivity contribution in [2.24, 2.45) is 0 Å². The number of fused-ring (bicyclic) bond motifs is 12. The van der Waals surface area contributed by atoms with E-state index in [1.807, 2.05) is 96.4 Å². The molecule has 16 heteroatoms. The van der Waals surface area contributed by atoms with Crippen LogP contribution < -0.4 is 26.0 Å². The van der Waals surface area contributed by atoms with Crippen molar-refractivity contribution in [1.29, 1.82) is 0 Å². The van der Waals surface area contributed by atoms with Crippen molar-refractivity contribution >= 4 is 51.0 Å². The van der Waals surface area contributed by atoms with Crippen LogP contribution in [0.5, 0.6) is 5.75 Å². The van der Waals surface area contributed by atoms with Crippen molar-refractivity contribution in [3.63, 3.8) is 0 Å². The number of likely N-dealkylation sites (N-methyl/N-ethyl adjacent to an activating group) is 1. The van der Waals surface area contributed by atoms with E-state index in [0.717, 1.165) is 27.2 Å². The average molecular weight is 914 g/mol. The van der Waals surface area contributed by atoms with E-state index in [1.165, 1.54) is 18.4 Å². The van der Waals surface area contributed by atoms with Crippen molar-refractivity contribution in [2.75, 3.05) is 26.0 Å². The molecule has 9 rings (SSSR count). The van der Waals surface area contributed by atoms with Crippen molar-refractivity contribution in [1.82, 2.24) is 26.2 Å². The first-order valence-corrected chi connectivity index (χ1v) is 23.6. The third kappa shape index (κ3) is 10.4. The van der Waals surface area contributed by atoms with Crippen LogP contribution in [0.25, 0.3) is 11.1 Å². The van der Waals surface area contributed by atoms with Crippen LogP contribution in [0.4, 0.5) is 0 Å². The second kappa shape index (κ2) is 18.7. The van der Waals surface area contributed by atoms with Gasteiger partial charge in [-0.05, 0) is 77.1 Å². The summed E-state index contributed by atoms with van der Waals surface area (Å²) in [7, 11) is -3.03. The number of amides is 5. The van der Waals surface area contributed by atoms with E-state index in [2.05, 4.69) is 33.1 Å². The molecule has 2 aliphatic carbocycles. The van der Waals surface area contributed by atoms with E-state index >= 15 is 4.79 Å². The number of aryl methyl sites for hydroxylation is 1. The van der Waals surface area contributed by atoms with Gasteiger partial charge in [-0.15, -0.1) is 11.3 Å². The van der Waals surface area contributed by atoms with Gasteiger partial charge < -0.3 is 30.9 Å². The first-order chi connectivity index (χ1) is 31.2. The highest BCUT2D eigenvalue weighted by molar-refractivity contribution is 7.85. The Hall–Kier alpha value is -6.80. The zero-order valence-corrected chi connectivity index (χ0v) is 37.0. The summed E-state index contributed by atoms with van der Waals surface area (Å²) in [5, 5.41) is 13.4. The Morgan fingerprint density at radius 2 is 1.46 bits per heavy atom. The molecule has 6 atom stereocenters.